The third kappa shape index (κ3) is 7.43. The molecular formula is C21H36N4O2S. The standard InChI is InChI=1S/C21H36N4O2S/c1-4-19-8-6-7-16-25(19)17-15-24-21(22-5-2)23-14-13-18-9-11-20(12-10-18)28(3,26)27/h9-12,19H,4-8,13-17H2,1-3H3,(H2,22,23,24). The number of aliphatic imine (C=N–C) groups is 1. The number of benzene rings is 1. The predicted molar refractivity (Wildman–Crippen MR) is 117 cm³/mol. The van der Waals surface area contributed by atoms with E-state index in [1.54, 1.807) is 12.1 Å². The summed E-state index contributed by atoms with van der Waals surface area (Å²) in [6, 6.07) is 7.82. The predicted octanol–water partition coefficient (Wildman–Crippen LogP) is 2.45. The fraction of sp³-hybridized carbons (Fsp3) is 0.667. The Bertz CT molecular complexity index is 716. The zero-order valence-corrected chi connectivity index (χ0v) is 18.4. The van der Waals surface area contributed by atoms with Crippen molar-refractivity contribution in [3.05, 3.63) is 29.8 Å². The summed E-state index contributed by atoms with van der Waals surface area (Å²) in [6.45, 7) is 8.94. The molecule has 1 saturated heterocycles. The van der Waals surface area contributed by atoms with E-state index in [0.717, 1.165) is 50.2 Å². The fourth-order valence-electron chi connectivity index (χ4n) is 3.68. The van der Waals surface area contributed by atoms with Gasteiger partial charge < -0.3 is 10.6 Å². The maximum absolute atomic E-state index is 11.5. The number of hydrogen-bond donors (Lipinski definition) is 2. The maximum Gasteiger partial charge on any atom is 0.191 e. The normalized spacial score (nSPS) is 18.8. The Morgan fingerprint density at radius 2 is 1.93 bits per heavy atom. The molecule has 0 saturated carbocycles. The first kappa shape index (κ1) is 22.7. The molecule has 1 unspecified atom stereocenters. The molecule has 1 aromatic rings. The average molecular weight is 409 g/mol. The molecule has 1 aromatic carbocycles. The second kappa shape index (κ2) is 11.4. The Morgan fingerprint density at radius 3 is 2.57 bits per heavy atom. The molecule has 1 aliphatic rings. The van der Waals surface area contributed by atoms with Crippen LogP contribution in [0, 0.1) is 0 Å². The molecule has 0 aromatic heterocycles. The van der Waals surface area contributed by atoms with Crippen LogP contribution in [0.2, 0.25) is 0 Å². The Labute approximate surface area is 170 Å². The monoisotopic (exact) mass is 408 g/mol. The summed E-state index contributed by atoms with van der Waals surface area (Å²) in [7, 11) is -3.14. The van der Waals surface area contributed by atoms with E-state index in [0.29, 0.717) is 4.90 Å². The number of guanidine groups is 1. The topological polar surface area (TPSA) is 73.8 Å². The van der Waals surface area contributed by atoms with E-state index >= 15 is 0 Å². The third-order valence-electron chi connectivity index (χ3n) is 5.28. The van der Waals surface area contributed by atoms with Gasteiger partial charge >= 0.3 is 0 Å². The van der Waals surface area contributed by atoms with Crippen molar-refractivity contribution in [3.8, 4) is 0 Å². The third-order valence-corrected chi connectivity index (χ3v) is 6.41. The minimum absolute atomic E-state index is 0.363. The minimum Gasteiger partial charge on any atom is -0.357 e. The van der Waals surface area contributed by atoms with Gasteiger partial charge in [0.1, 0.15) is 0 Å². The summed E-state index contributed by atoms with van der Waals surface area (Å²) in [5, 5.41) is 6.68. The summed E-state index contributed by atoms with van der Waals surface area (Å²) in [6.07, 6.45) is 7.24. The van der Waals surface area contributed by atoms with Gasteiger partial charge in [0.15, 0.2) is 15.8 Å². The molecule has 0 bridgehead atoms. The van der Waals surface area contributed by atoms with Gasteiger partial charge in [-0.2, -0.15) is 0 Å². The summed E-state index contributed by atoms with van der Waals surface area (Å²) in [5.41, 5.74) is 1.11. The largest absolute Gasteiger partial charge is 0.357 e. The Hall–Kier alpha value is -1.60. The van der Waals surface area contributed by atoms with Crippen LogP contribution in [0.4, 0.5) is 0 Å². The van der Waals surface area contributed by atoms with E-state index < -0.39 is 9.84 Å². The van der Waals surface area contributed by atoms with Gasteiger partial charge in [0, 0.05) is 31.9 Å². The zero-order chi connectivity index (χ0) is 20.4. The molecular weight excluding hydrogens is 372 g/mol. The molecule has 158 valence electrons. The fourth-order valence-corrected chi connectivity index (χ4v) is 4.31. The van der Waals surface area contributed by atoms with Crippen LogP contribution in [-0.4, -0.2) is 64.3 Å². The molecule has 1 aliphatic heterocycles. The molecule has 28 heavy (non-hydrogen) atoms. The number of hydrogen-bond acceptors (Lipinski definition) is 4. The van der Waals surface area contributed by atoms with Crippen LogP contribution < -0.4 is 10.6 Å². The molecule has 1 heterocycles. The number of sulfone groups is 1. The van der Waals surface area contributed by atoms with Gasteiger partial charge in [0.25, 0.3) is 0 Å². The van der Waals surface area contributed by atoms with Crippen LogP contribution in [0.5, 0.6) is 0 Å². The van der Waals surface area contributed by atoms with Gasteiger partial charge in [-0.25, -0.2) is 8.42 Å². The van der Waals surface area contributed by atoms with Crippen molar-refractivity contribution in [1.29, 1.82) is 0 Å². The van der Waals surface area contributed by atoms with Crippen molar-refractivity contribution >= 4 is 15.8 Å². The molecule has 0 radical (unpaired) electrons. The second-order valence-electron chi connectivity index (χ2n) is 7.45. The van der Waals surface area contributed by atoms with E-state index in [1.807, 2.05) is 12.1 Å². The van der Waals surface area contributed by atoms with Crippen molar-refractivity contribution in [1.82, 2.24) is 15.5 Å². The van der Waals surface area contributed by atoms with Crippen molar-refractivity contribution < 1.29 is 8.42 Å². The second-order valence-corrected chi connectivity index (χ2v) is 9.46. The molecule has 7 heteroatoms. The Balaban J connectivity index is 1.80. The van der Waals surface area contributed by atoms with Gasteiger partial charge in [-0.3, -0.25) is 9.89 Å². The Morgan fingerprint density at radius 1 is 1.18 bits per heavy atom. The summed E-state index contributed by atoms with van der Waals surface area (Å²) in [4.78, 5) is 7.67. The highest BCUT2D eigenvalue weighted by atomic mass is 32.2. The van der Waals surface area contributed by atoms with Gasteiger partial charge in [-0.1, -0.05) is 25.5 Å². The van der Waals surface area contributed by atoms with E-state index in [1.165, 1.54) is 38.5 Å². The lowest BCUT2D eigenvalue weighted by molar-refractivity contribution is 0.148. The van der Waals surface area contributed by atoms with Crippen LogP contribution in [0.1, 0.15) is 45.1 Å². The van der Waals surface area contributed by atoms with Gasteiger partial charge in [-0.15, -0.1) is 0 Å². The number of nitrogens with zero attached hydrogens (tertiary/aromatic N) is 2. The number of nitrogens with one attached hydrogen (secondary N) is 2. The van der Waals surface area contributed by atoms with E-state index in [4.69, 9.17) is 4.99 Å². The molecule has 2 N–H and O–H groups in total. The van der Waals surface area contributed by atoms with Crippen molar-refractivity contribution in [2.45, 2.75) is 56.9 Å². The SMILES string of the molecule is CCNC(=NCCN1CCCCC1CC)NCCc1ccc(S(C)(=O)=O)cc1. The van der Waals surface area contributed by atoms with Crippen LogP contribution in [0.25, 0.3) is 0 Å². The highest BCUT2D eigenvalue weighted by Gasteiger charge is 2.19. The molecule has 6 nitrogen and oxygen atoms in total. The van der Waals surface area contributed by atoms with E-state index in [2.05, 4.69) is 29.4 Å². The Kier molecular flexibility index (Phi) is 9.25. The lowest BCUT2D eigenvalue weighted by Crippen LogP contribution is -2.42. The van der Waals surface area contributed by atoms with Crippen LogP contribution in [0.3, 0.4) is 0 Å². The van der Waals surface area contributed by atoms with Crippen LogP contribution >= 0.6 is 0 Å². The lowest BCUT2D eigenvalue weighted by atomic mass is 10.0. The number of rotatable bonds is 9. The minimum atomic E-state index is -3.14. The maximum atomic E-state index is 11.5. The van der Waals surface area contributed by atoms with Crippen LogP contribution in [0.15, 0.2) is 34.2 Å². The molecule has 0 spiro atoms. The highest BCUT2D eigenvalue weighted by molar-refractivity contribution is 7.90. The zero-order valence-electron chi connectivity index (χ0n) is 17.6. The quantitative estimate of drug-likeness (QED) is 0.485. The van der Waals surface area contributed by atoms with Gasteiger partial charge in [-0.05, 0) is 56.8 Å². The average Bonchev–Trinajstić information content (AvgIpc) is 2.68. The highest BCUT2D eigenvalue weighted by Crippen LogP contribution is 2.18. The molecule has 2 rings (SSSR count). The smallest absolute Gasteiger partial charge is 0.191 e. The first-order chi connectivity index (χ1) is 13.4. The van der Waals surface area contributed by atoms with Crippen molar-refractivity contribution in [2.24, 2.45) is 4.99 Å². The van der Waals surface area contributed by atoms with Gasteiger partial charge in [0.05, 0.1) is 11.4 Å². The molecule has 1 atom stereocenters. The number of piperidine rings is 1. The first-order valence-corrected chi connectivity index (χ1v) is 12.4. The van der Waals surface area contributed by atoms with Crippen LogP contribution in [-0.2, 0) is 16.3 Å². The van der Waals surface area contributed by atoms with E-state index in [9.17, 15) is 8.42 Å². The van der Waals surface area contributed by atoms with E-state index in [-0.39, 0.29) is 0 Å². The molecule has 0 aliphatic carbocycles. The number of likely N-dealkylation sites (tertiary alicyclic amines) is 1. The lowest BCUT2D eigenvalue weighted by Gasteiger charge is -2.34. The van der Waals surface area contributed by atoms with Gasteiger partial charge in [0.2, 0.25) is 0 Å². The summed E-state index contributed by atoms with van der Waals surface area (Å²) >= 11 is 0. The van der Waals surface area contributed by atoms with Crippen molar-refractivity contribution in [2.75, 3.05) is 39.0 Å². The van der Waals surface area contributed by atoms with Crippen molar-refractivity contribution in [3.63, 3.8) is 0 Å². The summed E-state index contributed by atoms with van der Waals surface area (Å²) in [5.74, 6) is 0.848. The summed E-state index contributed by atoms with van der Waals surface area (Å²) < 4.78 is 23.1. The molecule has 0 amide bonds. The molecule has 1 fully saturated rings. The first-order valence-electron chi connectivity index (χ1n) is 10.5.